The van der Waals surface area contributed by atoms with Crippen LogP contribution in [0, 0.1) is 0 Å². The molecule has 2 aromatic carbocycles. The third-order valence-electron chi connectivity index (χ3n) is 3.39. The summed E-state index contributed by atoms with van der Waals surface area (Å²) in [7, 11) is 1.60. The second kappa shape index (κ2) is 6.79. The number of anilines is 1. The molecule has 4 nitrogen and oxygen atoms in total. The third-order valence-corrected chi connectivity index (χ3v) is 3.39. The summed E-state index contributed by atoms with van der Waals surface area (Å²) < 4.78 is 5.34. The molecule has 0 unspecified atom stereocenters. The Balaban J connectivity index is 2.32. The summed E-state index contributed by atoms with van der Waals surface area (Å²) >= 11 is 0. The lowest BCUT2D eigenvalue weighted by molar-refractivity contribution is 0.0696. The Labute approximate surface area is 124 Å². The van der Waals surface area contributed by atoms with Crippen LogP contribution in [0.4, 0.5) is 5.69 Å². The van der Waals surface area contributed by atoms with Crippen molar-refractivity contribution in [2.45, 2.75) is 13.5 Å². The van der Waals surface area contributed by atoms with Gasteiger partial charge in [-0.3, -0.25) is 0 Å². The molecule has 0 saturated carbocycles. The maximum absolute atomic E-state index is 11.1. The molecular formula is C17H19NO3. The molecule has 0 aliphatic carbocycles. The molecule has 0 heterocycles. The summed E-state index contributed by atoms with van der Waals surface area (Å²) in [5, 5.41) is 9.13. The van der Waals surface area contributed by atoms with Gasteiger partial charge in [0.25, 0.3) is 0 Å². The van der Waals surface area contributed by atoms with E-state index < -0.39 is 5.97 Å². The minimum absolute atomic E-state index is 0.273. The van der Waals surface area contributed by atoms with Crippen molar-refractivity contribution in [3.63, 3.8) is 0 Å². The molecule has 0 aromatic heterocycles. The van der Waals surface area contributed by atoms with Gasteiger partial charge in [-0.2, -0.15) is 0 Å². The van der Waals surface area contributed by atoms with Crippen molar-refractivity contribution in [3.05, 3.63) is 59.7 Å². The number of benzene rings is 2. The van der Waals surface area contributed by atoms with E-state index in [2.05, 4.69) is 11.8 Å². The first kappa shape index (κ1) is 14.9. The fourth-order valence-corrected chi connectivity index (χ4v) is 2.27. The fourth-order valence-electron chi connectivity index (χ4n) is 2.27. The lowest BCUT2D eigenvalue weighted by atomic mass is 10.1. The van der Waals surface area contributed by atoms with Gasteiger partial charge in [-0.15, -0.1) is 0 Å². The number of carbonyl (C=O) groups is 1. The van der Waals surface area contributed by atoms with Crippen LogP contribution in [0.15, 0.2) is 48.5 Å². The zero-order valence-electron chi connectivity index (χ0n) is 12.2. The van der Waals surface area contributed by atoms with Gasteiger partial charge >= 0.3 is 5.97 Å². The molecule has 2 rings (SSSR count). The lowest BCUT2D eigenvalue weighted by Gasteiger charge is -2.24. The third kappa shape index (κ3) is 3.54. The molecule has 0 radical (unpaired) electrons. The van der Waals surface area contributed by atoms with E-state index in [0.717, 1.165) is 17.8 Å². The fraction of sp³-hybridized carbons (Fsp3) is 0.235. The molecule has 2 aromatic rings. The lowest BCUT2D eigenvalue weighted by Crippen LogP contribution is -2.22. The number of hydrogen-bond donors (Lipinski definition) is 1. The first-order chi connectivity index (χ1) is 10.2. The second-order valence-electron chi connectivity index (χ2n) is 4.68. The van der Waals surface area contributed by atoms with Gasteiger partial charge in [0.15, 0.2) is 0 Å². The highest BCUT2D eigenvalue weighted by Gasteiger charge is 2.12. The summed E-state index contributed by atoms with van der Waals surface area (Å²) in [4.78, 5) is 13.3. The Morgan fingerprint density at radius 2 is 1.90 bits per heavy atom. The minimum atomic E-state index is -0.929. The van der Waals surface area contributed by atoms with Gasteiger partial charge in [-0.1, -0.05) is 18.2 Å². The quantitative estimate of drug-likeness (QED) is 0.883. The SMILES string of the molecule is CCN(Cc1cc(C(=O)O)ccc1OC)c1ccccc1. The maximum atomic E-state index is 11.1. The van der Waals surface area contributed by atoms with Crippen LogP contribution >= 0.6 is 0 Å². The molecule has 0 bridgehead atoms. The largest absolute Gasteiger partial charge is 0.496 e. The van der Waals surface area contributed by atoms with E-state index in [1.165, 1.54) is 0 Å². The van der Waals surface area contributed by atoms with Crippen molar-refractivity contribution in [2.75, 3.05) is 18.6 Å². The normalized spacial score (nSPS) is 10.2. The molecular weight excluding hydrogens is 266 g/mol. The molecule has 0 atom stereocenters. The zero-order valence-corrected chi connectivity index (χ0v) is 12.2. The summed E-state index contributed by atoms with van der Waals surface area (Å²) in [5.74, 6) is -0.226. The highest BCUT2D eigenvalue weighted by atomic mass is 16.5. The van der Waals surface area contributed by atoms with Gasteiger partial charge in [-0.05, 0) is 37.3 Å². The van der Waals surface area contributed by atoms with E-state index in [1.54, 1.807) is 25.3 Å². The van der Waals surface area contributed by atoms with E-state index in [4.69, 9.17) is 9.84 Å². The molecule has 0 aliphatic heterocycles. The van der Waals surface area contributed by atoms with Crippen LogP contribution in [-0.4, -0.2) is 24.7 Å². The topological polar surface area (TPSA) is 49.8 Å². The van der Waals surface area contributed by atoms with Gasteiger partial charge < -0.3 is 14.7 Å². The number of aromatic carboxylic acids is 1. The molecule has 0 aliphatic rings. The van der Waals surface area contributed by atoms with Crippen LogP contribution < -0.4 is 9.64 Å². The molecule has 0 saturated heterocycles. The van der Waals surface area contributed by atoms with Crippen LogP contribution in [0.25, 0.3) is 0 Å². The Morgan fingerprint density at radius 3 is 2.48 bits per heavy atom. The zero-order chi connectivity index (χ0) is 15.2. The summed E-state index contributed by atoms with van der Waals surface area (Å²) in [6, 6.07) is 15.0. The monoisotopic (exact) mass is 285 g/mol. The predicted molar refractivity (Wildman–Crippen MR) is 83.1 cm³/mol. The van der Waals surface area contributed by atoms with Crippen molar-refractivity contribution in [3.8, 4) is 5.75 Å². The van der Waals surface area contributed by atoms with Crippen molar-refractivity contribution in [1.29, 1.82) is 0 Å². The molecule has 1 N–H and O–H groups in total. The predicted octanol–water partition coefficient (Wildman–Crippen LogP) is 3.42. The number of para-hydroxylation sites is 1. The van der Waals surface area contributed by atoms with E-state index in [1.807, 2.05) is 30.3 Å². The highest BCUT2D eigenvalue weighted by Crippen LogP contribution is 2.24. The summed E-state index contributed by atoms with van der Waals surface area (Å²) in [5.41, 5.74) is 2.24. The average Bonchev–Trinajstić information content (AvgIpc) is 2.53. The summed E-state index contributed by atoms with van der Waals surface area (Å²) in [6.45, 7) is 3.50. The average molecular weight is 285 g/mol. The van der Waals surface area contributed by atoms with Gasteiger partial charge in [-0.25, -0.2) is 4.79 Å². The number of rotatable bonds is 6. The van der Waals surface area contributed by atoms with Crippen molar-refractivity contribution in [1.82, 2.24) is 0 Å². The van der Waals surface area contributed by atoms with Crippen LogP contribution in [-0.2, 0) is 6.54 Å². The molecule has 0 spiro atoms. The Kier molecular flexibility index (Phi) is 4.82. The van der Waals surface area contributed by atoms with Crippen LogP contribution in [0.3, 0.4) is 0 Å². The second-order valence-corrected chi connectivity index (χ2v) is 4.68. The van der Waals surface area contributed by atoms with E-state index in [-0.39, 0.29) is 5.56 Å². The molecule has 0 fully saturated rings. The van der Waals surface area contributed by atoms with Gasteiger partial charge in [0.2, 0.25) is 0 Å². The van der Waals surface area contributed by atoms with E-state index >= 15 is 0 Å². The number of nitrogens with zero attached hydrogens (tertiary/aromatic N) is 1. The number of hydrogen-bond acceptors (Lipinski definition) is 3. The Bertz CT molecular complexity index is 611. The van der Waals surface area contributed by atoms with Crippen LogP contribution in [0.2, 0.25) is 0 Å². The summed E-state index contributed by atoms with van der Waals surface area (Å²) in [6.07, 6.45) is 0. The molecule has 21 heavy (non-hydrogen) atoms. The van der Waals surface area contributed by atoms with Gasteiger partial charge in [0.1, 0.15) is 5.75 Å². The molecule has 0 amide bonds. The number of carboxylic acids is 1. The van der Waals surface area contributed by atoms with Gasteiger partial charge in [0.05, 0.1) is 12.7 Å². The van der Waals surface area contributed by atoms with E-state index in [9.17, 15) is 4.79 Å². The Morgan fingerprint density at radius 1 is 1.19 bits per heavy atom. The molecule has 110 valence electrons. The maximum Gasteiger partial charge on any atom is 0.335 e. The van der Waals surface area contributed by atoms with Crippen molar-refractivity contribution in [2.24, 2.45) is 0 Å². The number of methoxy groups -OCH3 is 1. The van der Waals surface area contributed by atoms with Crippen molar-refractivity contribution < 1.29 is 14.6 Å². The number of ether oxygens (including phenoxy) is 1. The number of carboxylic acid groups (broad SMARTS) is 1. The Hall–Kier alpha value is -2.49. The minimum Gasteiger partial charge on any atom is -0.496 e. The first-order valence-corrected chi connectivity index (χ1v) is 6.86. The first-order valence-electron chi connectivity index (χ1n) is 6.86. The van der Waals surface area contributed by atoms with Gasteiger partial charge in [0, 0.05) is 24.3 Å². The van der Waals surface area contributed by atoms with Crippen LogP contribution in [0.1, 0.15) is 22.8 Å². The molecule has 4 heteroatoms. The van der Waals surface area contributed by atoms with Crippen LogP contribution in [0.5, 0.6) is 5.75 Å². The highest BCUT2D eigenvalue weighted by molar-refractivity contribution is 5.88. The van der Waals surface area contributed by atoms with Crippen molar-refractivity contribution >= 4 is 11.7 Å². The smallest absolute Gasteiger partial charge is 0.335 e. The standard InChI is InChI=1S/C17H19NO3/c1-3-18(15-7-5-4-6-8-15)12-14-11-13(17(19)20)9-10-16(14)21-2/h4-11H,3,12H2,1-2H3,(H,19,20). The van der Waals surface area contributed by atoms with E-state index in [0.29, 0.717) is 12.3 Å².